The quantitative estimate of drug-likeness (QED) is 0.942. The van der Waals surface area contributed by atoms with Crippen LogP contribution in [-0.4, -0.2) is 20.1 Å². The topological polar surface area (TPSA) is 57.6 Å². The molecule has 2 aromatic rings. The summed E-state index contributed by atoms with van der Waals surface area (Å²) in [5, 5.41) is 9.26. The van der Waals surface area contributed by atoms with Crippen molar-refractivity contribution in [3.8, 4) is 5.75 Å². The van der Waals surface area contributed by atoms with Crippen molar-refractivity contribution in [3.05, 3.63) is 54.1 Å². The zero-order valence-corrected chi connectivity index (χ0v) is 12.3. The number of sulfonamides is 1. The summed E-state index contributed by atoms with van der Waals surface area (Å²) >= 11 is 0. The van der Waals surface area contributed by atoms with Gasteiger partial charge in [-0.25, -0.2) is 8.42 Å². The lowest BCUT2D eigenvalue weighted by molar-refractivity contribution is 0.475. The third kappa shape index (κ3) is 2.77. The van der Waals surface area contributed by atoms with Crippen LogP contribution in [0.1, 0.15) is 12.5 Å². The number of nitrogens with zero attached hydrogens (tertiary/aromatic N) is 1. The van der Waals surface area contributed by atoms with Crippen molar-refractivity contribution in [2.75, 3.05) is 10.8 Å². The average Bonchev–Trinajstić information content (AvgIpc) is 2.42. The summed E-state index contributed by atoms with van der Waals surface area (Å²) in [5.41, 5.74) is 1.71. The number of phenols is 1. The lowest BCUT2D eigenvalue weighted by Crippen LogP contribution is -2.30. The van der Waals surface area contributed by atoms with E-state index in [9.17, 15) is 13.5 Å². The first kappa shape index (κ1) is 14.4. The van der Waals surface area contributed by atoms with Gasteiger partial charge in [0, 0.05) is 6.54 Å². The molecule has 0 saturated heterocycles. The normalized spacial score (nSPS) is 11.3. The van der Waals surface area contributed by atoms with Crippen LogP contribution in [0.15, 0.2) is 53.4 Å². The summed E-state index contributed by atoms with van der Waals surface area (Å²) in [6, 6.07) is 12.9. The molecule has 0 aromatic heterocycles. The Morgan fingerprint density at radius 1 is 1.00 bits per heavy atom. The molecule has 4 nitrogen and oxygen atoms in total. The molecule has 1 N–H and O–H groups in total. The predicted molar refractivity (Wildman–Crippen MR) is 79.5 cm³/mol. The fraction of sp³-hybridized carbons (Fsp3) is 0.200. The van der Waals surface area contributed by atoms with Crippen LogP contribution in [0.2, 0.25) is 0 Å². The number of hydrogen-bond donors (Lipinski definition) is 1. The molecule has 0 amide bonds. The van der Waals surface area contributed by atoms with Gasteiger partial charge in [-0.1, -0.05) is 17.7 Å². The van der Waals surface area contributed by atoms with Gasteiger partial charge in [-0.3, -0.25) is 4.31 Å². The minimum absolute atomic E-state index is 0.0438. The van der Waals surface area contributed by atoms with Crippen molar-refractivity contribution >= 4 is 15.7 Å². The van der Waals surface area contributed by atoms with Gasteiger partial charge in [0.25, 0.3) is 10.0 Å². The molecule has 20 heavy (non-hydrogen) atoms. The van der Waals surface area contributed by atoms with E-state index >= 15 is 0 Å². The highest BCUT2D eigenvalue weighted by Gasteiger charge is 2.23. The first-order chi connectivity index (χ1) is 9.45. The van der Waals surface area contributed by atoms with Crippen molar-refractivity contribution in [2.24, 2.45) is 0 Å². The molecule has 0 unspecified atom stereocenters. The van der Waals surface area contributed by atoms with E-state index in [0.29, 0.717) is 12.2 Å². The van der Waals surface area contributed by atoms with Crippen LogP contribution in [0.3, 0.4) is 0 Å². The molecule has 0 fully saturated rings. The van der Waals surface area contributed by atoms with Gasteiger partial charge in [0.1, 0.15) is 5.75 Å². The molecule has 106 valence electrons. The molecule has 0 atom stereocenters. The Morgan fingerprint density at radius 3 is 2.05 bits per heavy atom. The van der Waals surface area contributed by atoms with Gasteiger partial charge >= 0.3 is 0 Å². The van der Waals surface area contributed by atoms with Gasteiger partial charge in [-0.05, 0) is 50.2 Å². The van der Waals surface area contributed by atoms with Crippen molar-refractivity contribution in [1.29, 1.82) is 0 Å². The number of anilines is 1. The Bertz CT molecular complexity index is 676. The van der Waals surface area contributed by atoms with Gasteiger partial charge in [-0.15, -0.1) is 0 Å². The molecule has 2 rings (SSSR count). The molecular formula is C15H17NO3S. The third-order valence-corrected chi connectivity index (χ3v) is 4.95. The Kier molecular flexibility index (Phi) is 3.99. The predicted octanol–water partition coefficient (Wildman–Crippen LogP) is 2.92. The van der Waals surface area contributed by atoms with Crippen LogP contribution in [0.25, 0.3) is 0 Å². The SMILES string of the molecule is CCN(c1ccc(C)cc1)S(=O)(=O)c1ccc(O)cc1. The summed E-state index contributed by atoms with van der Waals surface area (Å²) in [6.07, 6.45) is 0. The minimum atomic E-state index is -3.61. The second-order valence-corrected chi connectivity index (χ2v) is 6.36. The molecule has 2 aromatic carbocycles. The highest BCUT2D eigenvalue weighted by atomic mass is 32.2. The number of aryl methyl sites for hydroxylation is 1. The summed E-state index contributed by atoms with van der Waals surface area (Å²) in [4.78, 5) is 0.165. The largest absolute Gasteiger partial charge is 0.508 e. The molecular weight excluding hydrogens is 274 g/mol. The van der Waals surface area contributed by atoms with Crippen molar-refractivity contribution in [2.45, 2.75) is 18.7 Å². The van der Waals surface area contributed by atoms with Gasteiger partial charge < -0.3 is 5.11 Å². The summed E-state index contributed by atoms with van der Waals surface area (Å²) in [7, 11) is -3.61. The zero-order valence-electron chi connectivity index (χ0n) is 11.4. The number of aromatic hydroxyl groups is 1. The second-order valence-electron chi connectivity index (χ2n) is 4.50. The van der Waals surface area contributed by atoms with Crippen LogP contribution in [0.4, 0.5) is 5.69 Å². The molecule has 0 heterocycles. The van der Waals surface area contributed by atoms with Crippen LogP contribution < -0.4 is 4.31 Å². The van der Waals surface area contributed by atoms with E-state index in [4.69, 9.17) is 0 Å². The molecule has 0 radical (unpaired) electrons. The average molecular weight is 291 g/mol. The Balaban J connectivity index is 2.44. The minimum Gasteiger partial charge on any atom is -0.508 e. The third-order valence-electron chi connectivity index (χ3n) is 3.03. The number of hydrogen-bond acceptors (Lipinski definition) is 3. The first-order valence-corrected chi connectivity index (χ1v) is 7.77. The van der Waals surface area contributed by atoms with Gasteiger partial charge in [0.15, 0.2) is 0 Å². The van der Waals surface area contributed by atoms with Crippen LogP contribution >= 0.6 is 0 Å². The Labute approximate surface area is 119 Å². The summed E-state index contributed by atoms with van der Waals surface area (Å²) in [6.45, 7) is 4.08. The maximum absolute atomic E-state index is 12.6. The maximum Gasteiger partial charge on any atom is 0.264 e. The van der Waals surface area contributed by atoms with Gasteiger partial charge in [0.05, 0.1) is 10.6 Å². The fourth-order valence-corrected chi connectivity index (χ4v) is 3.42. The van der Waals surface area contributed by atoms with E-state index in [1.807, 2.05) is 19.1 Å². The molecule has 0 bridgehead atoms. The molecule has 0 aliphatic rings. The fourth-order valence-electron chi connectivity index (χ4n) is 1.95. The van der Waals surface area contributed by atoms with E-state index in [1.54, 1.807) is 19.1 Å². The summed E-state index contributed by atoms with van der Waals surface area (Å²) < 4.78 is 26.6. The first-order valence-electron chi connectivity index (χ1n) is 6.33. The molecule has 0 spiro atoms. The Hall–Kier alpha value is -2.01. The van der Waals surface area contributed by atoms with E-state index in [2.05, 4.69) is 0 Å². The smallest absolute Gasteiger partial charge is 0.264 e. The van der Waals surface area contributed by atoms with Gasteiger partial charge in [-0.2, -0.15) is 0 Å². The standard InChI is InChI=1S/C15H17NO3S/c1-3-16(13-6-4-12(2)5-7-13)20(18,19)15-10-8-14(17)9-11-15/h4-11,17H,3H2,1-2H3. The second kappa shape index (κ2) is 5.54. The molecule has 5 heteroatoms. The van der Waals surface area contributed by atoms with Gasteiger partial charge in [0.2, 0.25) is 0 Å². The highest BCUT2D eigenvalue weighted by molar-refractivity contribution is 7.92. The lowest BCUT2D eigenvalue weighted by Gasteiger charge is -2.23. The van der Waals surface area contributed by atoms with E-state index in [-0.39, 0.29) is 10.6 Å². The molecule has 0 aliphatic carbocycles. The monoisotopic (exact) mass is 291 g/mol. The van der Waals surface area contributed by atoms with E-state index < -0.39 is 10.0 Å². The number of phenolic OH excluding ortho intramolecular Hbond substituents is 1. The number of benzene rings is 2. The van der Waals surface area contributed by atoms with E-state index in [1.165, 1.54) is 28.6 Å². The van der Waals surface area contributed by atoms with Crippen molar-refractivity contribution in [3.63, 3.8) is 0 Å². The summed E-state index contributed by atoms with van der Waals surface area (Å²) in [5.74, 6) is 0.0438. The van der Waals surface area contributed by atoms with Crippen LogP contribution in [0.5, 0.6) is 5.75 Å². The van der Waals surface area contributed by atoms with Crippen molar-refractivity contribution < 1.29 is 13.5 Å². The Morgan fingerprint density at radius 2 is 1.55 bits per heavy atom. The number of rotatable bonds is 4. The maximum atomic E-state index is 12.6. The van der Waals surface area contributed by atoms with Crippen molar-refractivity contribution in [1.82, 2.24) is 0 Å². The van der Waals surface area contributed by atoms with Crippen LogP contribution in [-0.2, 0) is 10.0 Å². The highest BCUT2D eigenvalue weighted by Crippen LogP contribution is 2.24. The lowest BCUT2D eigenvalue weighted by atomic mass is 10.2. The molecule has 0 saturated carbocycles. The van der Waals surface area contributed by atoms with E-state index in [0.717, 1.165) is 5.56 Å². The zero-order chi connectivity index (χ0) is 14.8. The van der Waals surface area contributed by atoms with Crippen LogP contribution in [0, 0.1) is 6.92 Å². The molecule has 0 aliphatic heterocycles.